The molecule has 0 aliphatic carbocycles. The van der Waals surface area contributed by atoms with Crippen LogP contribution < -0.4 is 9.62 Å². The van der Waals surface area contributed by atoms with Crippen LogP contribution in [0.5, 0.6) is 0 Å². The minimum Gasteiger partial charge on any atom is -0.352 e. The first-order chi connectivity index (χ1) is 16.7. The Morgan fingerprint density at radius 3 is 2.39 bits per heavy atom. The molecule has 0 saturated heterocycles. The van der Waals surface area contributed by atoms with Crippen LogP contribution in [0.25, 0.3) is 0 Å². The minimum atomic E-state index is -4.02. The molecule has 0 radical (unpaired) electrons. The number of nitro groups is 1. The summed E-state index contributed by atoms with van der Waals surface area (Å²) < 4.78 is 26.2. The van der Waals surface area contributed by atoms with Crippen molar-refractivity contribution in [3.63, 3.8) is 0 Å². The summed E-state index contributed by atoms with van der Waals surface area (Å²) in [6, 6.07) is 9.51. The Bertz CT molecular complexity index is 1240. The van der Waals surface area contributed by atoms with E-state index in [4.69, 9.17) is 11.6 Å². The number of amides is 2. The third kappa shape index (κ3) is 7.66. The van der Waals surface area contributed by atoms with E-state index in [1.54, 1.807) is 38.1 Å². The molecular weight excluding hydrogens is 508 g/mol. The first kappa shape index (κ1) is 29.1. The number of rotatable bonds is 11. The standard InChI is InChI=1S/C24H31ClN4O6S/c1-6-17(3)26-24(31)18(4)27(14-19-8-7-9-20(25)12-19)23(30)15-28(36(5,34)35)22-13-21(29(32)33)11-10-16(22)2/h7-13,17-18H,6,14-15H2,1-5H3,(H,26,31)/t17-,18+/m1/s1. The largest absolute Gasteiger partial charge is 0.352 e. The molecule has 0 aliphatic rings. The van der Waals surface area contributed by atoms with Crippen molar-refractivity contribution in [3.05, 3.63) is 68.7 Å². The fourth-order valence-electron chi connectivity index (χ4n) is 3.45. The van der Waals surface area contributed by atoms with Crippen LogP contribution in [0.1, 0.15) is 38.3 Å². The topological polar surface area (TPSA) is 130 Å². The van der Waals surface area contributed by atoms with Crippen LogP contribution in [-0.4, -0.2) is 54.9 Å². The number of hydrogen-bond donors (Lipinski definition) is 1. The van der Waals surface area contributed by atoms with Crippen molar-refractivity contribution >= 4 is 44.8 Å². The average Bonchev–Trinajstić information content (AvgIpc) is 2.80. The maximum absolute atomic E-state index is 13.6. The summed E-state index contributed by atoms with van der Waals surface area (Å²) in [6.45, 7) is 6.25. The van der Waals surface area contributed by atoms with Gasteiger partial charge in [-0.3, -0.25) is 24.0 Å². The molecule has 0 spiro atoms. The van der Waals surface area contributed by atoms with Crippen molar-refractivity contribution in [2.45, 2.75) is 52.7 Å². The van der Waals surface area contributed by atoms with Gasteiger partial charge in [-0.1, -0.05) is 36.7 Å². The molecule has 2 aromatic rings. The molecule has 2 atom stereocenters. The van der Waals surface area contributed by atoms with Gasteiger partial charge in [0.15, 0.2) is 0 Å². The number of non-ortho nitro benzene ring substituents is 1. The highest BCUT2D eigenvalue weighted by molar-refractivity contribution is 7.92. The molecule has 0 saturated carbocycles. The molecule has 2 rings (SSSR count). The van der Waals surface area contributed by atoms with Gasteiger partial charge in [0.05, 0.1) is 16.9 Å². The maximum atomic E-state index is 13.6. The van der Waals surface area contributed by atoms with E-state index in [0.717, 1.165) is 16.6 Å². The van der Waals surface area contributed by atoms with E-state index < -0.39 is 39.3 Å². The predicted octanol–water partition coefficient (Wildman–Crippen LogP) is 3.65. The summed E-state index contributed by atoms with van der Waals surface area (Å²) in [5.41, 5.74) is 0.785. The smallest absolute Gasteiger partial charge is 0.271 e. The van der Waals surface area contributed by atoms with Gasteiger partial charge in [-0.15, -0.1) is 0 Å². The Hall–Kier alpha value is -3.18. The second kappa shape index (κ2) is 12.2. The highest BCUT2D eigenvalue weighted by Crippen LogP contribution is 2.28. The lowest BCUT2D eigenvalue weighted by molar-refractivity contribution is -0.384. The molecule has 0 aromatic heterocycles. The van der Waals surface area contributed by atoms with Gasteiger partial charge in [-0.2, -0.15) is 0 Å². The third-order valence-electron chi connectivity index (χ3n) is 5.76. The molecule has 12 heteroatoms. The van der Waals surface area contributed by atoms with Crippen LogP contribution in [0.4, 0.5) is 11.4 Å². The highest BCUT2D eigenvalue weighted by atomic mass is 35.5. The van der Waals surface area contributed by atoms with Gasteiger partial charge in [0.25, 0.3) is 5.69 Å². The molecule has 0 fully saturated rings. The van der Waals surface area contributed by atoms with Gasteiger partial charge in [0.1, 0.15) is 12.6 Å². The van der Waals surface area contributed by atoms with Gasteiger partial charge in [0, 0.05) is 29.7 Å². The van der Waals surface area contributed by atoms with Gasteiger partial charge < -0.3 is 10.2 Å². The number of nitrogens with one attached hydrogen (secondary N) is 1. The average molecular weight is 539 g/mol. The van der Waals surface area contributed by atoms with Crippen molar-refractivity contribution in [3.8, 4) is 0 Å². The second-order valence-electron chi connectivity index (χ2n) is 8.64. The van der Waals surface area contributed by atoms with Gasteiger partial charge in [-0.25, -0.2) is 8.42 Å². The number of benzene rings is 2. The number of carbonyl (C=O) groups excluding carboxylic acids is 2. The zero-order valence-corrected chi connectivity index (χ0v) is 22.5. The zero-order chi connectivity index (χ0) is 27.2. The van der Waals surface area contributed by atoms with E-state index in [0.29, 0.717) is 22.6 Å². The molecule has 196 valence electrons. The van der Waals surface area contributed by atoms with Crippen molar-refractivity contribution in [2.75, 3.05) is 17.1 Å². The third-order valence-corrected chi connectivity index (χ3v) is 7.12. The molecule has 2 aromatic carbocycles. The molecule has 2 amide bonds. The number of halogens is 1. The van der Waals surface area contributed by atoms with E-state index in [1.165, 1.54) is 17.0 Å². The number of carbonyl (C=O) groups is 2. The van der Waals surface area contributed by atoms with E-state index in [1.807, 2.05) is 13.8 Å². The van der Waals surface area contributed by atoms with Crippen molar-refractivity contribution in [1.82, 2.24) is 10.2 Å². The van der Waals surface area contributed by atoms with Crippen LogP contribution >= 0.6 is 11.6 Å². The molecule has 0 aliphatic heterocycles. The highest BCUT2D eigenvalue weighted by Gasteiger charge is 2.31. The van der Waals surface area contributed by atoms with Crippen molar-refractivity contribution in [1.29, 1.82) is 0 Å². The monoisotopic (exact) mass is 538 g/mol. The SMILES string of the molecule is CC[C@@H](C)NC(=O)[C@H](C)N(Cc1cccc(Cl)c1)C(=O)CN(c1cc([N+](=O)[O-])ccc1C)S(C)(=O)=O. The van der Waals surface area contributed by atoms with Crippen LogP contribution in [0.3, 0.4) is 0 Å². The Morgan fingerprint density at radius 2 is 1.83 bits per heavy atom. The quantitative estimate of drug-likeness (QED) is 0.343. The molecule has 0 bridgehead atoms. The second-order valence-corrected chi connectivity index (χ2v) is 11.0. The molecule has 0 unspecified atom stereocenters. The Kier molecular flexibility index (Phi) is 9.83. The molecule has 10 nitrogen and oxygen atoms in total. The van der Waals surface area contributed by atoms with E-state index >= 15 is 0 Å². The molecular formula is C24H31ClN4O6S. The van der Waals surface area contributed by atoms with Crippen LogP contribution in [0.15, 0.2) is 42.5 Å². The Morgan fingerprint density at radius 1 is 1.17 bits per heavy atom. The van der Waals surface area contributed by atoms with E-state index in [2.05, 4.69) is 5.32 Å². The lowest BCUT2D eigenvalue weighted by Gasteiger charge is -2.32. The number of hydrogen-bond acceptors (Lipinski definition) is 6. The Labute approximate surface area is 216 Å². The number of sulfonamides is 1. The number of aryl methyl sites for hydroxylation is 1. The maximum Gasteiger partial charge on any atom is 0.271 e. The van der Waals surface area contributed by atoms with E-state index in [-0.39, 0.29) is 24.0 Å². The van der Waals surface area contributed by atoms with Gasteiger partial charge in [0.2, 0.25) is 21.8 Å². The van der Waals surface area contributed by atoms with Crippen LogP contribution in [0.2, 0.25) is 5.02 Å². The first-order valence-corrected chi connectivity index (χ1v) is 13.5. The van der Waals surface area contributed by atoms with Gasteiger partial charge in [-0.05, 0) is 50.5 Å². The number of nitro benzene ring substituents is 1. The number of anilines is 1. The molecule has 36 heavy (non-hydrogen) atoms. The van der Waals surface area contributed by atoms with Crippen LogP contribution in [-0.2, 0) is 26.2 Å². The lowest BCUT2D eigenvalue weighted by Crippen LogP contribution is -2.52. The zero-order valence-electron chi connectivity index (χ0n) is 20.9. The fraction of sp³-hybridized carbons (Fsp3) is 0.417. The van der Waals surface area contributed by atoms with Crippen molar-refractivity contribution in [2.24, 2.45) is 0 Å². The Balaban J connectivity index is 2.48. The summed E-state index contributed by atoms with van der Waals surface area (Å²) in [5, 5.41) is 14.6. The summed E-state index contributed by atoms with van der Waals surface area (Å²) in [5.74, 6) is -1.05. The van der Waals surface area contributed by atoms with Gasteiger partial charge >= 0.3 is 0 Å². The van der Waals surface area contributed by atoms with Crippen LogP contribution in [0, 0.1) is 17.0 Å². The lowest BCUT2D eigenvalue weighted by atomic mass is 10.1. The molecule has 0 heterocycles. The first-order valence-electron chi connectivity index (χ1n) is 11.3. The summed E-state index contributed by atoms with van der Waals surface area (Å²) >= 11 is 6.09. The summed E-state index contributed by atoms with van der Waals surface area (Å²) in [4.78, 5) is 38.4. The summed E-state index contributed by atoms with van der Waals surface area (Å²) in [6.07, 6.45) is 1.60. The van der Waals surface area contributed by atoms with Crippen molar-refractivity contribution < 1.29 is 22.9 Å². The fourth-order valence-corrected chi connectivity index (χ4v) is 4.57. The number of nitrogens with zero attached hydrogens (tertiary/aromatic N) is 3. The normalized spacial score (nSPS) is 12.9. The predicted molar refractivity (Wildman–Crippen MR) is 139 cm³/mol. The summed E-state index contributed by atoms with van der Waals surface area (Å²) in [7, 11) is -4.02. The minimum absolute atomic E-state index is 0.00000740. The molecule has 1 N–H and O–H groups in total. The van der Waals surface area contributed by atoms with E-state index in [9.17, 15) is 28.1 Å².